The van der Waals surface area contributed by atoms with E-state index >= 15 is 0 Å². The Hall–Kier alpha value is -1.68. The SMILES string of the molecule is O=C(Cl)c1ncccn1.O=C(O)c1ncccn1.O=S(Cl)Cl. The van der Waals surface area contributed by atoms with Crippen LogP contribution < -0.4 is 0 Å². The highest BCUT2D eigenvalue weighted by Crippen LogP contribution is 1.92. The average Bonchev–Trinajstić information content (AvgIpc) is 2.49. The van der Waals surface area contributed by atoms with Gasteiger partial charge in [0, 0.05) is 46.2 Å². The van der Waals surface area contributed by atoms with Crippen LogP contribution in [0.25, 0.3) is 0 Å². The normalized spacial score (nSPS) is 8.91. The van der Waals surface area contributed by atoms with Crippen molar-refractivity contribution in [1.29, 1.82) is 0 Å². The zero-order valence-corrected chi connectivity index (χ0v) is 13.6. The number of carbonyl (C=O) groups excluding carboxylic acids is 1. The van der Waals surface area contributed by atoms with Crippen molar-refractivity contribution in [2.45, 2.75) is 0 Å². The maximum absolute atomic E-state index is 10.3. The lowest BCUT2D eigenvalue weighted by Crippen LogP contribution is -2.01. The van der Waals surface area contributed by atoms with Gasteiger partial charge in [-0.1, -0.05) is 0 Å². The van der Waals surface area contributed by atoms with E-state index in [1.165, 1.54) is 24.8 Å². The fourth-order valence-corrected chi connectivity index (χ4v) is 0.908. The van der Waals surface area contributed by atoms with Crippen LogP contribution in [-0.4, -0.2) is 40.5 Å². The summed E-state index contributed by atoms with van der Waals surface area (Å²) in [5.41, 5.74) is 0. The van der Waals surface area contributed by atoms with Gasteiger partial charge in [-0.15, -0.1) is 0 Å². The third-order valence-corrected chi connectivity index (χ3v) is 1.67. The number of halogens is 3. The maximum atomic E-state index is 10.3. The Labute approximate surface area is 141 Å². The summed E-state index contributed by atoms with van der Waals surface area (Å²) in [5, 5.41) is 7.63. The number of carboxylic acid groups (broad SMARTS) is 1. The Morgan fingerprint density at radius 2 is 1.23 bits per heavy atom. The summed E-state index contributed by atoms with van der Waals surface area (Å²) >= 11 is 5.04. The van der Waals surface area contributed by atoms with Crippen molar-refractivity contribution < 1.29 is 18.9 Å². The number of hydrogen-bond acceptors (Lipinski definition) is 7. The van der Waals surface area contributed by atoms with E-state index in [0.29, 0.717) is 0 Å². The Balaban J connectivity index is 0.000000326. The summed E-state index contributed by atoms with van der Waals surface area (Å²) in [6.07, 6.45) is 5.69. The minimum absolute atomic E-state index is 0.0409. The molecule has 2 aromatic heterocycles. The molecular formula is C10H7Cl3N4O4S. The molecule has 2 rings (SSSR count). The molecule has 0 spiro atoms. The summed E-state index contributed by atoms with van der Waals surface area (Å²) in [5.74, 6) is -1.23. The molecule has 0 aliphatic heterocycles. The first kappa shape index (κ1) is 20.3. The van der Waals surface area contributed by atoms with Crippen molar-refractivity contribution in [3.8, 4) is 0 Å². The van der Waals surface area contributed by atoms with Crippen molar-refractivity contribution in [2.75, 3.05) is 0 Å². The van der Waals surface area contributed by atoms with Crippen LogP contribution in [0.5, 0.6) is 0 Å². The average molecular weight is 386 g/mol. The number of carboxylic acids is 1. The summed E-state index contributed by atoms with van der Waals surface area (Å²) < 4.78 is 9.09. The van der Waals surface area contributed by atoms with Crippen molar-refractivity contribution in [1.82, 2.24) is 19.9 Å². The number of rotatable bonds is 2. The van der Waals surface area contributed by atoms with Gasteiger partial charge in [0.05, 0.1) is 0 Å². The number of aromatic carboxylic acids is 1. The van der Waals surface area contributed by atoms with E-state index < -0.39 is 20.4 Å². The monoisotopic (exact) mass is 384 g/mol. The molecule has 22 heavy (non-hydrogen) atoms. The van der Waals surface area contributed by atoms with Crippen LogP contribution >= 0.6 is 33.0 Å². The van der Waals surface area contributed by atoms with Crippen molar-refractivity contribution in [3.63, 3.8) is 0 Å². The van der Waals surface area contributed by atoms with E-state index in [9.17, 15) is 9.59 Å². The highest BCUT2D eigenvalue weighted by molar-refractivity contribution is 8.26. The van der Waals surface area contributed by atoms with E-state index in [4.69, 9.17) is 20.9 Å². The summed E-state index contributed by atoms with van der Waals surface area (Å²) in [6.45, 7) is 0. The van der Waals surface area contributed by atoms with Gasteiger partial charge in [0.15, 0.2) is 0 Å². The van der Waals surface area contributed by atoms with Gasteiger partial charge in [0.25, 0.3) is 5.24 Å². The molecule has 0 atom stereocenters. The number of hydrogen-bond donors (Lipinski definition) is 1. The molecule has 0 saturated heterocycles. The molecule has 0 aliphatic rings. The van der Waals surface area contributed by atoms with Gasteiger partial charge in [0.1, 0.15) is 0 Å². The van der Waals surface area contributed by atoms with E-state index in [1.54, 1.807) is 12.1 Å². The largest absolute Gasteiger partial charge is 0.475 e. The van der Waals surface area contributed by atoms with Crippen LogP contribution in [0, 0.1) is 0 Å². The fraction of sp³-hybridized carbons (Fsp3) is 0. The zero-order chi connectivity index (χ0) is 17.0. The smallest absolute Gasteiger partial charge is 0.373 e. The molecule has 0 amide bonds. The molecule has 2 aromatic rings. The molecule has 118 valence electrons. The molecular weight excluding hydrogens is 379 g/mol. The van der Waals surface area contributed by atoms with Crippen molar-refractivity contribution in [2.24, 2.45) is 0 Å². The topological polar surface area (TPSA) is 123 Å². The first-order chi connectivity index (χ1) is 10.3. The maximum Gasteiger partial charge on any atom is 0.373 e. The van der Waals surface area contributed by atoms with E-state index in [0.717, 1.165) is 0 Å². The molecule has 0 bridgehead atoms. The fourth-order valence-electron chi connectivity index (χ4n) is 0.810. The van der Waals surface area contributed by atoms with Crippen LogP contribution in [-0.2, 0) is 9.23 Å². The lowest BCUT2D eigenvalue weighted by atomic mass is 10.6. The Morgan fingerprint density at radius 1 is 0.909 bits per heavy atom. The van der Waals surface area contributed by atoms with Crippen LogP contribution in [0.4, 0.5) is 0 Å². The Kier molecular flexibility index (Phi) is 11.0. The summed E-state index contributed by atoms with van der Waals surface area (Å²) in [4.78, 5) is 34.5. The van der Waals surface area contributed by atoms with E-state index in [-0.39, 0.29) is 11.6 Å². The van der Waals surface area contributed by atoms with Gasteiger partial charge in [-0.25, -0.2) is 28.9 Å². The van der Waals surface area contributed by atoms with Gasteiger partial charge in [-0.2, -0.15) is 0 Å². The van der Waals surface area contributed by atoms with Gasteiger partial charge in [-0.3, -0.25) is 4.79 Å². The Morgan fingerprint density at radius 3 is 1.41 bits per heavy atom. The molecule has 0 aliphatic carbocycles. The molecule has 1 N–H and O–H groups in total. The lowest BCUT2D eigenvalue weighted by Gasteiger charge is -1.86. The van der Waals surface area contributed by atoms with Crippen LogP contribution in [0.15, 0.2) is 36.9 Å². The molecule has 12 heteroatoms. The molecule has 0 unspecified atom stereocenters. The second-order valence-corrected chi connectivity index (χ2v) is 5.78. The minimum Gasteiger partial charge on any atom is -0.475 e. The van der Waals surface area contributed by atoms with Crippen molar-refractivity contribution >= 4 is 53.4 Å². The number of nitrogens with zero attached hydrogens (tertiary/aromatic N) is 4. The zero-order valence-electron chi connectivity index (χ0n) is 10.5. The third-order valence-electron chi connectivity index (χ3n) is 1.50. The molecule has 8 nitrogen and oxygen atoms in total. The van der Waals surface area contributed by atoms with Gasteiger partial charge >= 0.3 is 5.97 Å². The highest BCUT2D eigenvalue weighted by Gasteiger charge is 2.01. The number of aromatic nitrogens is 4. The second-order valence-electron chi connectivity index (χ2n) is 2.91. The quantitative estimate of drug-likeness (QED) is 0.779. The predicted octanol–water partition coefficient (Wildman–Crippen LogP) is 2.07. The molecule has 0 fully saturated rings. The molecule has 0 radical (unpaired) electrons. The highest BCUT2D eigenvalue weighted by atomic mass is 36.0. The van der Waals surface area contributed by atoms with Crippen molar-refractivity contribution in [3.05, 3.63) is 48.6 Å². The standard InChI is InChI=1S/C5H3ClN2O.C5H4N2O2.Cl2OS/c6-4(9)5-7-2-1-3-8-5;8-5(9)4-6-2-1-3-7-4;1-4(2)3/h1-3H;1-3H,(H,8,9);. The van der Waals surface area contributed by atoms with Crippen LogP contribution in [0.1, 0.15) is 21.2 Å². The minimum atomic E-state index is -1.67. The lowest BCUT2D eigenvalue weighted by molar-refractivity contribution is 0.0683. The van der Waals surface area contributed by atoms with E-state index in [2.05, 4.69) is 41.3 Å². The summed E-state index contributed by atoms with van der Waals surface area (Å²) in [7, 11) is 7.36. The molecule has 0 aromatic carbocycles. The molecule has 2 heterocycles. The third kappa shape index (κ3) is 11.0. The van der Waals surface area contributed by atoms with Crippen LogP contribution in [0.3, 0.4) is 0 Å². The molecule has 0 saturated carbocycles. The van der Waals surface area contributed by atoms with Gasteiger partial charge in [-0.05, 0) is 23.7 Å². The first-order valence-corrected chi connectivity index (χ1v) is 8.24. The first-order valence-electron chi connectivity index (χ1n) is 5.06. The van der Waals surface area contributed by atoms with Gasteiger partial charge in [0.2, 0.25) is 20.9 Å². The van der Waals surface area contributed by atoms with Crippen LogP contribution in [0.2, 0.25) is 0 Å². The van der Waals surface area contributed by atoms with Gasteiger partial charge < -0.3 is 5.11 Å². The second kappa shape index (κ2) is 11.9. The summed E-state index contributed by atoms with van der Waals surface area (Å²) in [6, 6.07) is 3.18. The predicted molar refractivity (Wildman–Crippen MR) is 81.1 cm³/mol. The number of carbonyl (C=O) groups is 2. The van der Waals surface area contributed by atoms with E-state index in [1.807, 2.05) is 0 Å². The Bertz CT molecular complexity index is 565.